The Kier molecular flexibility index (Phi) is 6.08. The number of likely N-dealkylation sites (N-methyl/N-ethyl adjacent to an activating group) is 1. The average molecular weight is 257 g/mol. The van der Waals surface area contributed by atoms with Gasteiger partial charge in [0.2, 0.25) is 0 Å². The van der Waals surface area contributed by atoms with Gasteiger partial charge in [-0.3, -0.25) is 0 Å². The standard InChI is InChI=1S/C12H21ClN4/c1-3-8-17(4-2)9-7-15-12-10(14)5-6-11(13)16-12/h5-6H,3-4,7-9,14H2,1-2H3,(H,15,16). The van der Waals surface area contributed by atoms with E-state index in [9.17, 15) is 0 Å². The molecule has 0 amide bonds. The van der Waals surface area contributed by atoms with Crippen LogP contribution in [0, 0.1) is 0 Å². The molecule has 0 saturated heterocycles. The lowest BCUT2D eigenvalue weighted by Crippen LogP contribution is -2.29. The highest BCUT2D eigenvalue weighted by atomic mass is 35.5. The van der Waals surface area contributed by atoms with Crippen molar-refractivity contribution in [2.75, 3.05) is 37.2 Å². The molecule has 0 spiro atoms. The Hall–Kier alpha value is -1.00. The highest BCUT2D eigenvalue weighted by Gasteiger charge is 2.03. The van der Waals surface area contributed by atoms with Crippen LogP contribution in [0.5, 0.6) is 0 Å². The van der Waals surface area contributed by atoms with Gasteiger partial charge < -0.3 is 16.0 Å². The largest absolute Gasteiger partial charge is 0.396 e. The molecule has 0 aliphatic rings. The van der Waals surface area contributed by atoms with Gasteiger partial charge in [0.1, 0.15) is 5.15 Å². The molecule has 0 saturated carbocycles. The zero-order valence-corrected chi connectivity index (χ0v) is 11.3. The molecule has 5 heteroatoms. The number of anilines is 2. The summed E-state index contributed by atoms with van der Waals surface area (Å²) < 4.78 is 0. The molecule has 0 aliphatic carbocycles. The van der Waals surface area contributed by atoms with Crippen LogP contribution in [0.3, 0.4) is 0 Å². The first-order valence-corrected chi connectivity index (χ1v) is 6.43. The van der Waals surface area contributed by atoms with Crippen molar-refractivity contribution in [2.24, 2.45) is 0 Å². The molecule has 17 heavy (non-hydrogen) atoms. The van der Waals surface area contributed by atoms with Gasteiger partial charge in [-0.1, -0.05) is 25.4 Å². The second-order valence-electron chi connectivity index (χ2n) is 3.93. The molecule has 0 radical (unpaired) electrons. The van der Waals surface area contributed by atoms with E-state index in [1.165, 1.54) is 6.42 Å². The number of nitrogens with zero attached hydrogens (tertiary/aromatic N) is 2. The Bertz CT molecular complexity index is 343. The van der Waals surface area contributed by atoms with E-state index >= 15 is 0 Å². The van der Waals surface area contributed by atoms with Crippen molar-refractivity contribution >= 4 is 23.1 Å². The third kappa shape index (κ3) is 4.79. The Morgan fingerprint density at radius 1 is 1.35 bits per heavy atom. The maximum Gasteiger partial charge on any atom is 0.151 e. The molecule has 1 rings (SSSR count). The molecule has 0 aliphatic heterocycles. The number of hydrogen-bond donors (Lipinski definition) is 2. The van der Waals surface area contributed by atoms with E-state index in [1.54, 1.807) is 12.1 Å². The van der Waals surface area contributed by atoms with E-state index < -0.39 is 0 Å². The van der Waals surface area contributed by atoms with Crippen molar-refractivity contribution in [1.29, 1.82) is 0 Å². The van der Waals surface area contributed by atoms with Gasteiger partial charge in [-0.2, -0.15) is 0 Å². The summed E-state index contributed by atoms with van der Waals surface area (Å²) in [6.07, 6.45) is 1.17. The van der Waals surface area contributed by atoms with E-state index in [4.69, 9.17) is 17.3 Å². The Morgan fingerprint density at radius 3 is 2.76 bits per heavy atom. The fourth-order valence-corrected chi connectivity index (χ4v) is 1.81. The van der Waals surface area contributed by atoms with Crippen LogP contribution >= 0.6 is 11.6 Å². The molecule has 1 aromatic rings. The van der Waals surface area contributed by atoms with Crippen molar-refractivity contribution in [3.8, 4) is 0 Å². The number of pyridine rings is 1. The quantitative estimate of drug-likeness (QED) is 0.736. The Balaban J connectivity index is 2.42. The van der Waals surface area contributed by atoms with Crippen molar-refractivity contribution in [1.82, 2.24) is 9.88 Å². The van der Waals surface area contributed by atoms with Crippen LogP contribution in [0.2, 0.25) is 5.15 Å². The summed E-state index contributed by atoms with van der Waals surface area (Å²) >= 11 is 5.82. The molecular weight excluding hydrogens is 236 g/mol. The summed E-state index contributed by atoms with van der Waals surface area (Å²) in [5, 5.41) is 3.68. The third-order valence-electron chi connectivity index (χ3n) is 2.60. The minimum atomic E-state index is 0.461. The minimum Gasteiger partial charge on any atom is -0.396 e. The molecule has 0 aromatic carbocycles. The number of halogens is 1. The first-order valence-electron chi connectivity index (χ1n) is 6.05. The fraction of sp³-hybridized carbons (Fsp3) is 0.583. The zero-order chi connectivity index (χ0) is 12.7. The monoisotopic (exact) mass is 256 g/mol. The first-order chi connectivity index (χ1) is 8.17. The molecule has 0 atom stereocenters. The number of nitrogens with two attached hydrogens (primary N) is 1. The molecule has 0 bridgehead atoms. The number of nitrogen functional groups attached to an aromatic ring is 1. The Morgan fingerprint density at radius 2 is 2.12 bits per heavy atom. The van der Waals surface area contributed by atoms with Crippen molar-refractivity contribution in [2.45, 2.75) is 20.3 Å². The molecule has 3 N–H and O–H groups in total. The van der Waals surface area contributed by atoms with Crippen LogP contribution in [-0.2, 0) is 0 Å². The molecular formula is C12H21ClN4. The predicted octanol–water partition coefficient (Wildman–Crippen LogP) is 2.46. The molecule has 0 fully saturated rings. The maximum absolute atomic E-state index is 5.82. The fourth-order valence-electron chi connectivity index (χ4n) is 1.66. The van der Waals surface area contributed by atoms with E-state index in [0.29, 0.717) is 16.7 Å². The van der Waals surface area contributed by atoms with Crippen LogP contribution in [-0.4, -0.2) is 36.1 Å². The second-order valence-corrected chi connectivity index (χ2v) is 4.32. The lowest BCUT2D eigenvalue weighted by Gasteiger charge is -2.19. The summed E-state index contributed by atoms with van der Waals surface area (Å²) in [6.45, 7) is 8.35. The van der Waals surface area contributed by atoms with Gasteiger partial charge in [-0.15, -0.1) is 0 Å². The maximum atomic E-state index is 5.82. The summed E-state index contributed by atoms with van der Waals surface area (Å²) in [5.74, 6) is 0.671. The number of hydrogen-bond acceptors (Lipinski definition) is 4. The normalized spacial score (nSPS) is 10.8. The van der Waals surface area contributed by atoms with Gasteiger partial charge >= 0.3 is 0 Å². The molecule has 96 valence electrons. The lowest BCUT2D eigenvalue weighted by atomic mass is 10.3. The predicted molar refractivity (Wildman–Crippen MR) is 74.6 cm³/mol. The minimum absolute atomic E-state index is 0.461. The van der Waals surface area contributed by atoms with Crippen LogP contribution in [0.1, 0.15) is 20.3 Å². The van der Waals surface area contributed by atoms with Gasteiger partial charge in [-0.05, 0) is 31.6 Å². The molecule has 0 unspecified atom stereocenters. The smallest absolute Gasteiger partial charge is 0.151 e. The Labute approximate surface area is 108 Å². The van der Waals surface area contributed by atoms with Crippen LogP contribution in [0.4, 0.5) is 11.5 Å². The van der Waals surface area contributed by atoms with Gasteiger partial charge in [-0.25, -0.2) is 4.98 Å². The zero-order valence-electron chi connectivity index (χ0n) is 10.5. The highest BCUT2D eigenvalue weighted by Crippen LogP contribution is 2.17. The molecule has 1 heterocycles. The number of rotatable bonds is 7. The summed E-state index contributed by atoms with van der Waals surface area (Å²) in [5.41, 5.74) is 6.43. The van der Waals surface area contributed by atoms with E-state index in [0.717, 1.165) is 26.2 Å². The highest BCUT2D eigenvalue weighted by molar-refractivity contribution is 6.29. The number of nitrogens with one attached hydrogen (secondary N) is 1. The van der Waals surface area contributed by atoms with Gasteiger partial charge in [0.05, 0.1) is 5.69 Å². The topological polar surface area (TPSA) is 54.2 Å². The van der Waals surface area contributed by atoms with Crippen molar-refractivity contribution in [3.05, 3.63) is 17.3 Å². The number of aromatic nitrogens is 1. The van der Waals surface area contributed by atoms with Gasteiger partial charge in [0.25, 0.3) is 0 Å². The molecule has 4 nitrogen and oxygen atoms in total. The third-order valence-corrected chi connectivity index (χ3v) is 2.81. The average Bonchev–Trinajstić information content (AvgIpc) is 2.32. The van der Waals surface area contributed by atoms with Gasteiger partial charge in [0, 0.05) is 13.1 Å². The first kappa shape index (κ1) is 14.1. The summed E-state index contributed by atoms with van der Waals surface area (Å²) in [7, 11) is 0. The van der Waals surface area contributed by atoms with Crippen LogP contribution < -0.4 is 11.1 Å². The van der Waals surface area contributed by atoms with Crippen molar-refractivity contribution in [3.63, 3.8) is 0 Å². The van der Waals surface area contributed by atoms with Crippen LogP contribution in [0.15, 0.2) is 12.1 Å². The summed E-state index contributed by atoms with van der Waals surface area (Å²) in [4.78, 5) is 6.53. The van der Waals surface area contributed by atoms with Crippen LogP contribution in [0.25, 0.3) is 0 Å². The second kappa shape index (κ2) is 7.35. The lowest BCUT2D eigenvalue weighted by molar-refractivity contribution is 0.300. The van der Waals surface area contributed by atoms with Gasteiger partial charge in [0.15, 0.2) is 5.82 Å². The van der Waals surface area contributed by atoms with E-state index in [-0.39, 0.29) is 0 Å². The van der Waals surface area contributed by atoms with E-state index in [2.05, 4.69) is 29.0 Å². The van der Waals surface area contributed by atoms with E-state index in [1.807, 2.05) is 0 Å². The SMILES string of the molecule is CCCN(CC)CCNc1nc(Cl)ccc1N. The summed E-state index contributed by atoms with van der Waals surface area (Å²) in [6, 6.07) is 3.46. The van der Waals surface area contributed by atoms with Crippen molar-refractivity contribution < 1.29 is 0 Å². The molecule has 1 aromatic heterocycles.